The zero-order chi connectivity index (χ0) is 23.2. The van der Waals surface area contributed by atoms with Crippen LogP contribution in [-0.2, 0) is 28.9 Å². The van der Waals surface area contributed by atoms with Crippen molar-refractivity contribution in [2.24, 2.45) is 5.92 Å². The molecule has 2 saturated heterocycles. The number of hydrogen-bond acceptors (Lipinski definition) is 5. The summed E-state index contributed by atoms with van der Waals surface area (Å²) in [6, 6.07) is 9.61. The topological polar surface area (TPSA) is 46.6 Å². The Morgan fingerprint density at radius 2 is 2.12 bits per heavy atom. The zero-order valence-corrected chi connectivity index (χ0v) is 20.2. The molecule has 5 nitrogen and oxygen atoms in total. The molecule has 2 fully saturated rings. The summed E-state index contributed by atoms with van der Waals surface area (Å²) in [6.45, 7) is 6.26. The van der Waals surface area contributed by atoms with Crippen molar-refractivity contribution in [3.63, 3.8) is 0 Å². The van der Waals surface area contributed by atoms with E-state index in [0.717, 1.165) is 102 Å². The minimum Gasteiger partial charge on any atom is -0.381 e. The monoisotopic (exact) mass is 467 g/mol. The van der Waals surface area contributed by atoms with Crippen molar-refractivity contribution in [1.82, 2.24) is 9.88 Å². The Balaban J connectivity index is 1.04. The lowest BCUT2D eigenvalue weighted by Gasteiger charge is -2.26. The second kappa shape index (κ2) is 11.6. The SMILES string of the molecule is Fc1ccc([C@@H]2CCCCO2)c(CN2CC[C@@H](COCCCc3ccc4c(n3)NCCC4)C2)c1. The average molecular weight is 468 g/mol. The second-order valence-electron chi connectivity index (χ2n) is 10.1. The summed E-state index contributed by atoms with van der Waals surface area (Å²) in [6.07, 6.45) is 8.88. The van der Waals surface area contributed by atoms with Gasteiger partial charge in [0, 0.05) is 38.5 Å². The molecule has 0 bridgehead atoms. The van der Waals surface area contributed by atoms with E-state index in [4.69, 9.17) is 14.5 Å². The molecule has 4 heterocycles. The number of ether oxygens (including phenoxy) is 2. The maximum absolute atomic E-state index is 14.0. The highest BCUT2D eigenvalue weighted by molar-refractivity contribution is 5.47. The summed E-state index contributed by atoms with van der Waals surface area (Å²) < 4.78 is 26.1. The number of halogens is 1. The summed E-state index contributed by atoms with van der Waals surface area (Å²) in [5.74, 6) is 1.47. The van der Waals surface area contributed by atoms with Gasteiger partial charge in [-0.05, 0) is 98.7 Å². The number of aromatic nitrogens is 1. The predicted molar refractivity (Wildman–Crippen MR) is 133 cm³/mol. The number of hydrogen-bond donors (Lipinski definition) is 1. The normalized spacial score (nSPS) is 23.0. The van der Waals surface area contributed by atoms with Crippen molar-refractivity contribution < 1.29 is 13.9 Å². The van der Waals surface area contributed by atoms with Crippen molar-refractivity contribution in [3.05, 3.63) is 58.5 Å². The fourth-order valence-electron chi connectivity index (χ4n) is 5.56. The van der Waals surface area contributed by atoms with Crippen LogP contribution in [0.5, 0.6) is 0 Å². The highest BCUT2D eigenvalue weighted by Crippen LogP contribution is 2.32. The van der Waals surface area contributed by atoms with Crippen molar-refractivity contribution in [3.8, 4) is 0 Å². The van der Waals surface area contributed by atoms with Gasteiger partial charge < -0.3 is 14.8 Å². The molecule has 3 aliphatic heterocycles. The molecule has 1 N–H and O–H groups in total. The van der Waals surface area contributed by atoms with E-state index in [1.54, 1.807) is 12.1 Å². The molecular weight excluding hydrogens is 429 g/mol. The molecule has 5 rings (SSSR count). The van der Waals surface area contributed by atoms with Crippen LogP contribution in [0.4, 0.5) is 10.2 Å². The van der Waals surface area contributed by atoms with E-state index in [-0.39, 0.29) is 11.9 Å². The quantitative estimate of drug-likeness (QED) is 0.508. The van der Waals surface area contributed by atoms with Gasteiger partial charge in [-0.2, -0.15) is 0 Å². The lowest BCUT2D eigenvalue weighted by atomic mass is 9.96. The predicted octanol–water partition coefficient (Wildman–Crippen LogP) is 5.29. The summed E-state index contributed by atoms with van der Waals surface area (Å²) in [5.41, 5.74) is 4.75. The zero-order valence-electron chi connectivity index (χ0n) is 20.2. The molecule has 0 aliphatic carbocycles. The van der Waals surface area contributed by atoms with Crippen LogP contribution >= 0.6 is 0 Å². The third kappa shape index (κ3) is 6.15. The van der Waals surface area contributed by atoms with Crippen LogP contribution in [0.1, 0.15) is 67.0 Å². The summed E-state index contributed by atoms with van der Waals surface area (Å²) >= 11 is 0. The molecule has 0 radical (unpaired) electrons. The highest BCUT2D eigenvalue weighted by atomic mass is 19.1. The van der Waals surface area contributed by atoms with Gasteiger partial charge >= 0.3 is 0 Å². The molecule has 0 unspecified atom stereocenters. The summed E-state index contributed by atoms with van der Waals surface area (Å²) in [4.78, 5) is 7.22. The Morgan fingerprint density at radius 3 is 3.03 bits per heavy atom. The molecule has 2 aromatic rings. The van der Waals surface area contributed by atoms with Crippen LogP contribution in [0.25, 0.3) is 0 Å². The number of pyridine rings is 1. The van der Waals surface area contributed by atoms with Gasteiger partial charge in [0.1, 0.15) is 11.6 Å². The van der Waals surface area contributed by atoms with Gasteiger partial charge in [0.05, 0.1) is 12.7 Å². The van der Waals surface area contributed by atoms with Gasteiger partial charge in [-0.25, -0.2) is 9.37 Å². The minimum atomic E-state index is -0.155. The largest absolute Gasteiger partial charge is 0.381 e. The molecule has 1 aromatic heterocycles. The van der Waals surface area contributed by atoms with Gasteiger partial charge in [-0.3, -0.25) is 4.90 Å². The number of likely N-dealkylation sites (tertiary alicyclic amines) is 1. The van der Waals surface area contributed by atoms with Gasteiger partial charge in [0.25, 0.3) is 0 Å². The Bertz CT molecular complexity index is 947. The molecule has 6 heteroatoms. The van der Waals surface area contributed by atoms with E-state index in [0.29, 0.717) is 5.92 Å². The van der Waals surface area contributed by atoms with E-state index in [1.165, 1.54) is 24.0 Å². The number of aryl methyl sites for hydroxylation is 2. The first-order valence-corrected chi connectivity index (χ1v) is 13.2. The molecule has 0 saturated carbocycles. The van der Waals surface area contributed by atoms with E-state index >= 15 is 0 Å². The molecule has 0 spiro atoms. The lowest BCUT2D eigenvalue weighted by Crippen LogP contribution is -2.23. The van der Waals surface area contributed by atoms with E-state index in [9.17, 15) is 4.39 Å². The van der Waals surface area contributed by atoms with Crippen molar-refractivity contribution in [2.45, 2.75) is 64.0 Å². The van der Waals surface area contributed by atoms with Gasteiger partial charge in [0.2, 0.25) is 0 Å². The lowest BCUT2D eigenvalue weighted by molar-refractivity contribution is 0.0140. The summed E-state index contributed by atoms with van der Waals surface area (Å²) in [7, 11) is 0. The fourth-order valence-corrected chi connectivity index (χ4v) is 5.56. The number of nitrogens with zero attached hydrogens (tertiary/aromatic N) is 2. The van der Waals surface area contributed by atoms with Crippen LogP contribution in [-0.4, -0.2) is 49.3 Å². The smallest absolute Gasteiger partial charge is 0.129 e. The molecule has 34 heavy (non-hydrogen) atoms. The van der Waals surface area contributed by atoms with Crippen LogP contribution in [0.2, 0.25) is 0 Å². The number of nitrogens with one attached hydrogen (secondary N) is 1. The Morgan fingerprint density at radius 1 is 1.15 bits per heavy atom. The van der Waals surface area contributed by atoms with Crippen molar-refractivity contribution in [1.29, 1.82) is 0 Å². The molecule has 0 amide bonds. The molecule has 2 atom stereocenters. The van der Waals surface area contributed by atoms with Gasteiger partial charge in [0.15, 0.2) is 0 Å². The number of benzene rings is 1. The third-order valence-electron chi connectivity index (χ3n) is 7.42. The maximum Gasteiger partial charge on any atom is 0.129 e. The van der Waals surface area contributed by atoms with E-state index in [2.05, 4.69) is 22.3 Å². The first-order chi connectivity index (χ1) is 16.7. The standard InChI is InChI=1S/C28H38FN3O2/c29-24-9-11-26(27-7-1-2-16-34-27)23(17-24)19-32-14-12-21(18-32)20-33-15-4-6-25-10-8-22-5-3-13-30-28(22)31-25/h8-11,17,21,27H,1-7,12-16,18-20H2,(H,30,31)/t21-,27+/m1/s1. The van der Waals surface area contributed by atoms with Gasteiger partial charge in [-0.15, -0.1) is 0 Å². The second-order valence-corrected chi connectivity index (χ2v) is 10.1. The van der Waals surface area contributed by atoms with Crippen LogP contribution in [0, 0.1) is 11.7 Å². The molecule has 3 aliphatic rings. The van der Waals surface area contributed by atoms with Crippen LogP contribution in [0.15, 0.2) is 30.3 Å². The Labute approximate surface area is 203 Å². The molecular formula is C28H38FN3O2. The molecule has 184 valence electrons. The Kier molecular flexibility index (Phi) is 8.09. The van der Waals surface area contributed by atoms with E-state index in [1.807, 2.05) is 6.07 Å². The highest BCUT2D eigenvalue weighted by Gasteiger charge is 2.25. The number of rotatable bonds is 9. The number of fused-ring (bicyclic) bond motifs is 1. The fraction of sp³-hybridized carbons (Fsp3) is 0.607. The summed E-state index contributed by atoms with van der Waals surface area (Å²) in [5, 5.41) is 3.41. The average Bonchev–Trinajstić information content (AvgIpc) is 3.31. The van der Waals surface area contributed by atoms with Crippen molar-refractivity contribution in [2.75, 3.05) is 44.8 Å². The molecule has 1 aromatic carbocycles. The van der Waals surface area contributed by atoms with Crippen LogP contribution in [0.3, 0.4) is 0 Å². The maximum atomic E-state index is 14.0. The first kappa shape index (κ1) is 23.7. The third-order valence-corrected chi connectivity index (χ3v) is 7.42. The van der Waals surface area contributed by atoms with E-state index < -0.39 is 0 Å². The Hall–Kier alpha value is -2.02. The number of anilines is 1. The minimum absolute atomic E-state index is 0.117. The first-order valence-electron chi connectivity index (χ1n) is 13.2. The van der Waals surface area contributed by atoms with Gasteiger partial charge in [-0.1, -0.05) is 12.1 Å². The van der Waals surface area contributed by atoms with Crippen LogP contribution < -0.4 is 5.32 Å². The van der Waals surface area contributed by atoms with Crippen molar-refractivity contribution >= 4 is 5.82 Å².